The minimum Gasteiger partial charge on any atom is -0.374 e. The Kier molecular flexibility index (Phi) is 4.33. The molecule has 1 fully saturated rings. The molecule has 0 spiro atoms. The molecule has 18 heavy (non-hydrogen) atoms. The highest BCUT2D eigenvalue weighted by molar-refractivity contribution is 5.34. The largest absolute Gasteiger partial charge is 0.374 e. The third-order valence-electron chi connectivity index (χ3n) is 3.08. The first kappa shape index (κ1) is 13.0. The maximum atomic E-state index is 12.1. The number of nitrogens with zero attached hydrogens (tertiary/aromatic N) is 3. The van der Waals surface area contributed by atoms with Gasteiger partial charge in [0.15, 0.2) is 5.82 Å². The van der Waals surface area contributed by atoms with Gasteiger partial charge in [-0.15, -0.1) is 0 Å². The Hall–Kier alpha value is -1.40. The molecule has 1 atom stereocenters. The lowest BCUT2D eigenvalue weighted by Crippen LogP contribution is -2.45. The Bertz CT molecular complexity index is 440. The second-order valence-electron chi connectivity index (χ2n) is 4.42. The highest BCUT2D eigenvalue weighted by Crippen LogP contribution is 2.05. The number of nitrogens with one attached hydrogen (secondary N) is 1. The van der Waals surface area contributed by atoms with Crippen LogP contribution in [0.3, 0.4) is 0 Å². The summed E-state index contributed by atoms with van der Waals surface area (Å²) in [5, 5.41) is 3.27. The van der Waals surface area contributed by atoms with Crippen LogP contribution >= 0.6 is 0 Å². The molecule has 2 rings (SSSR count). The first-order valence-corrected chi connectivity index (χ1v) is 6.31. The lowest BCUT2D eigenvalue weighted by Gasteiger charge is -2.28. The molecule has 0 amide bonds. The van der Waals surface area contributed by atoms with E-state index in [4.69, 9.17) is 4.74 Å². The van der Waals surface area contributed by atoms with E-state index in [-0.39, 0.29) is 11.7 Å². The molecule has 6 nitrogen and oxygen atoms in total. The van der Waals surface area contributed by atoms with Crippen molar-refractivity contribution in [3.05, 3.63) is 22.7 Å². The van der Waals surface area contributed by atoms with Crippen LogP contribution in [0.15, 0.2) is 17.2 Å². The van der Waals surface area contributed by atoms with Gasteiger partial charge in [0.05, 0.1) is 12.7 Å². The lowest BCUT2D eigenvalue weighted by molar-refractivity contribution is 0.0339. The van der Waals surface area contributed by atoms with Gasteiger partial charge in [-0.1, -0.05) is 0 Å². The van der Waals surface area contributed by atoms with E-state index in [1.807, 2.05) is 18.9 Å². The van der Waals surface area contributed by atoms with Crippen molar-refractivity contribution in [2.75, 3.05) is 38.2 Å². The SMILES string of the molecule is CCn1ccnc(N(C)CC2CNCCO2)c1=O. The van der Waals surface area contributed by atoms with Gasteiger partial charge in [0.25, 0.3) is 5.56 Å². The van der Waals surface area contributed by atoms with Crippen LogP contribution in [0.4, 0.5) is 5.82 Å². The Morgan fingerprint density at radius 2 is 2.50 bits per heavy atom. The Morgan fingerprint density at radius 3 is 3.17 bits per heavy atom. The van der Waals surface area contributed by atoms with Gasteiger partial charge in [0.1, 0.15) is 0 Å². The molecular weight excluding hydrogens is 232 g/mol. The standard InChI is InChI=1S/C12H20N4O2/c1-3-16-6-4-14-11(12(16)17)15(2)9-10-8-13-5-7-18-10/h4,6,10,13H,3,5,7-9H2,1-2H3. The molecule has 1 aromatic rings. The minimum absolute atomic E-state index is 0.0498. The molecule has 1 N–H and O–H groups in total. The summed E-state index contributed by atoms with van der Waals surface area (Å²) in [6.45, 7) is 5.71. The molecule has 100 valence electrons. The normalized spacial score (nSPS) is 19.8. The average molecular weight is 252 g/mol. The number of rotatable bonds is 4. The van der Waals surface area contributed by atoms with Gasteiger partial charge in [0, 0.05) is 45.6 Å². The maximum absolute atomic E-state index is 12.1. The number of aromatic nitrogens is 2. The summed E-state index contributed by atoms with van der Waals surface area (Å²) >= 11 is 0. The number of hydrogen-bond donors (Lipinski definition) is 1. The fourth-order valence-electron chi connectivity index (χ4n) is 2.08. The second kappa shape index (κ2) is 5.97. The van der Waals surface area contributed by atoms with Crippen molar-refractivity contribution in [3.63, 3.8) is 0 Å². The predicted molar refractivity (Wildman–Crippen MR) is 70.1 cm³/mol. The first-order valence-electron chi connectivity index (χ1n) is 6.31. The van der Waals surface area contributed by atoms with Gasteiger partial charge in [-0.25, -0.2) is 4.98 Å². The molecule has 6 heteroatoms. The van der Waals surface area contributed by atoms with Gasteiger partial charge < -0.3 is 19.5 Å². The predicted octanol–water partition coefficient (Wildman–Crippen LogP) is -0.312. The zero-order valence-electron chi connectivity index (χ0n) is 10.9. The Balaban J connectivity index is 2.08. The molecule has 0 aromatic carbocycles. The second-order valence-corrected chi connectivity index (χ2v) is 4.42. The summed E-state index contributed by atoms with van der Waals surface area (Å²) < 4.78 is 7.28. The molecule has 0 aliphatic carbocycles. The lowest BCUT2D eigenvalue weighted by atomic mass is 10.3. The van der Waals surface area contributed by atoms with Gasteiger partial charge in [-0.3, -0.25) is 4.79 Å². The zero-order valence-corrected chi connectivity index (χ0v) is 10.9. The molecule has 1 aliphatic rings. The van der Waals surface area contributed by atoms with Gasteiger partial charge in [-0.2, -0.15) is 0 Å². The Labute approximate surface area is 107 Å². The summed E-state index contributed by atoms with van der Waals surface area (Å²) in [6, 6.07) is 0. The smallest absolute Gasteiger partial charge is 0.293 e. The van der Waals surface area contributed by atoms with Gasteiger partial charge in [0.2, 0.25) is 0 Å². The summed E-state index contributed by atoms with van der Waals surface area (Å²) in [7, 11) is 1.88. The molecular formula is C12H20N4O2. The average Bonchev–Trinajstić information content (AvgIpc) is 2.40. The molecule has 0 radical (unpaired) electrons. The first-order chi connectivity index (χ1) is 8.72. The van der Waals surface area contributed by atoms with Crippen LogP contribution in [-0.2, 0) is 11.3 Å². The van der Waals surface area contributed by atoms with Crippen LogP contribution in [0.2, 0.25) is 0 Å². The molecule has 0 saturated carbocycles. The molecule has 0 bridgehead atoms. The van der Waals surface area contributed by atoms with E-state index in [1.165, 1.54) is 0 Å². The third-order valence-corrected chi connectivity index (χ3v) is 3.08. The van der Waals surface area contributed by atoms with Crippen molar-refractivity contribution in [1.29, 1.82) is 0 Å². The number of morpholine rings is 1. The van der Waals surface area contributed by atoms with Crippen molar-refractivity contribution in [2.45, 2.75) is 19.6 Å². The van der Waals surface area contributed by atoms with Crippen LogP contribution in [0, 0.1) is 0 Å². The van der Waals surface area contributed by atoms with Crippen molar-refractivity contribution in [3.8, 4) is 0 Å². The van der Waals surface area contributed by atoms with Crippen LogP contribution < -0.4 is 15.8 Å². The molecule has 1 saturated heterocycles. The minimum atomic E-state index is -0.0498. The van der Waals surface area contributed by atoms with Gasteiger partial charge in [-0.05, 0) is 6.92 Å². The number of aryl methyl sites for hydroxylation is 1. The quantitative estimate of drug-likeness (QED) is 0.796. The summed E-state index contributed by atoms with van der Waals surface area (Å²) in [5.41, 5.74) is -0.0498. The number of likely N-dealkylation sites (N-methyl/N-ethyl adjacent to an activating group) is 1. The van der Waals surface area contributed by atoms with Gasteiger partial charge >= 0.3 is 0 Å². The Morgan fingerprint density at radius 1 is 1.67 bits per heavy atom. The molecule has 1 aromatic heterocycles. The highest BCUT2D eigenvalue weighted by Gasteiger charge is 2.18. The monoisotopic (exact) mass is 252 g/mol. The van der Waals surface area contributed by atoms with Crippen LogP contribution in [0.1, 0.15) is 6.92 Å². The fourth-order valence-corrected chi connectivity index (χ4v) is 2.08. The van der Waals surface area contributed by atoms with Crippen LogP contribution in [-0.4, -0.2) is 48.9 Å². The number of hydrogen-bond acceptors (Lipinski definition) is 5. The van der Waals surface area contributed by atoms with Crippen LogP contribution in [0.5, 0.6) is 0 Å². The van der Waals surface area contributed by atoms with E-state index in [0.29, 0.717) is 18.9 Å². The van der Waals surface area contributed by atoms with E-state index in [2.05, 4.69) is 10.3 Å². The third kappa shape index (κ3) is 2.88. The number of ether oxygens (including phenoxy) is 1. The van der Waals surface area contributed by atoms with E-state index < -0.39 is 0 Å². The van der Waals surface area contributed by atoms with E-state index in [0.717, 1.165) is 19.7 Å². The van der Waals surface area contributed by atoms with E-state index in [1.54, 1.807) is 17.0 Å². The van der Waals surface area contributed by atoms with E-state index in [9.17, 15) is 4.79 Å². The van der Waals surface area contributed by atoms with E-state index >= 15 is 0 Å². The molecule has 1 aliphatic heterocycles. The molecule has 1 unspecified atom stereocenters. The highest BCUT2D eigenvalue weighted by atomic mass is 16.5. The van der Waals surface area contributed by atoms with Crippen LogP contribution in [0.25, 0.3) is 0 Å². The topological polar surface area (TPSA) is 59.4 Å². The number of anilines is 1. The molecule has 2 heterocycles. The summed E-state index contributed by atoms with van der Waals surface area (Å²) in [5.74, 6) is 0.480. The van der Waals surface area contributed by atoms with Crippen molar-refractivity contribution in [2.24, 2.45) is 0 Å². The van der Waals surface area contributed by atoms with Crippen molar-refractivity contribution in [1.82, 2.24) is 14.9 Å². The zero-order chi connectivity index (χ0) is 13.0. The van der Waals surface area contributed by atoms with Crippen molar-refractivity contribution < 1.29 is 4.74 Å². The fraction of sp³-hybridized carbons (Fsp3) is 0.667. The summed E-state index contributed by atoms with van der Waals surface area (Å²) in [6.07, 6.45) is 3.48. The van der Waals surface area contributed by atoms with Crippen molar-refractivity contribution >= 4 is 5.82 Å². The maximum Gasteiger partial charge on any atom is 0.293 e. The summed E-state index contributed by atoms with van der Waals surface area (Å²) in [4.78, 5) is 18.1.